The lowest BCUT2D eigenvalue weighted by molar-refractivity contribution is -0.136. The number of aliphatic carboxylic acids is 1. The Balaban J connectivity index is 1.49. The van der Waals surface area contributed by atoms with Crippen molar-refractivity contribution in [1.82, 2.24) is 10.3 Å². The molecule has 3 N–H and O–H groups in total. The molecule has 0 saturated carbocycles. The molecule has 0 radical (unpaired) electrons. The second-order valence-corrected chi connectivity index (χ2v) is 9.13. The van der Waals surface area contributed by atoms with Crippen molar-refractivity contribution in [3.8, 4) is 0 Å². The Kier molecular flexibility index (Phi) is 6.89. The number of benzene rings is 2. The number of nitrogens with one attached hydrogen (secondary N) is 2. The van der Waals surface area contributed by atoms with Crippen LogP contribution in [0.2, 0.25) is 0 Å². The number of carbonyl (C=O) groups is 1. The van der Waals surface area contributed by atoms with Gasteiger partial charge in [-0.3, -0.25) is 4.79 Å². The molecule has 0 unspecified atom stereocenters. The van der Waals surface area contributed by atoms with E-state index in [0.29, 0.717) is 5.25 Å². The summed E-state index contributed by atoms with van der Waals surface area (Å²) in [6.45, 7) is 3.83. The molecule has 4 rings (SSSR count). The van der Waals surface area contributed by atoms with Crippen molar-refractivity contribution in [2.24, 2.45) is 0 Å². The lowest BCUT2D eigenvalue weighted by atomic mass is 9.96. The monoisotopic (exact) mass is 433 g/mol. The van der Waals surface area contributed by atoms with E-state index < -0.39 is 5.97 Å². The molecule has 31 heavy (non-hydrogen) atoms. The highest BCUT2D eigenvalue weighted by Gasteiger charge is 2.29. The molecule has 2 aromatic carbocycles. The van der Waals surface area contributed by atoms with E-state index in [9.17, 15) is 4.79 Å². The Hall–Kier alpha value is -2.83. The molecule has 1 aromatic heterocycles. The molecule has 0 spiro atoms. The molecule has 3 aromatic rings. The van der Waals surface area contributed by atoms with Gasteiger partial charge in [0.15, 0.2) is 0 Å². The first-order valence-electron chi connectivity index (χ1n) is 10.5. The molecule has 1 aliphatic rings. The van der Waals surface area contributed by atoms with Crippen LogP contribution in [-0.2, 0) is 11.2 Å². The van der Waals surface area contributed by atoms with Crippen LogP contribution in [0.3, 0.4) is 0 Å². The fourth-order valence-corrected chi connectivity index (χ4v) is 5.16. The Morgan fingerprint density at radius 3 is 2.77 bits per heavy atom. The summed E-state index contributed by atoms with van der Waals surface area (Å²) >= 11 is 1.82. The van der Waals surface area contributed by atoms with Crippen molar-refractivity contribution in [3.05, 3.63) is 89.6 Å². The SMILES string of the molecule is C[C@@H](CN[C@H](c1ccccc1)[C@H]1CNc2cccnc2S1)c1cccc(CC(=O)O)c1. The van der Waals surface area contributed by atoms with E-state index in [1.54, 1.807) is 0 Å². The molecular formula is C25H27N3O2S. The predicted octanol–water partition coefficient (Wildman–Crippen LogP) is 4.73. The highest BCUT2D eigenvalue weighted by atomic mass is 32.2. The molecule has 0 amide bonds. The molecule has 0 fully saturated rings. The number of carboxylic acid groups (broad SMARTS) is 1. The van der Waals surface area contributed by atoms with Gasteiger partial charge in [-0.15, -0.1) is 0 Å². The van der Waals surface area contributed by atoms with Gasteiger partial charge in [0, 0.05) is 30.6 Å². The number of pyridine rings is 1. The number of thioether (sulfide) groups is 1. The number of carboxylic acids is 1. The number of hydrogen-bond acceptors (Lipinski definition) is 5. The molecular weight excluding hydrogens is 406 g/mol. The summed E-state index contributed by atoms with van der Waals surface area (Å²) in [5.74, 6) is -0.547. The number of hydrogen-bond donors (Lipinski definition) is 3. The minimum atomic E-state index is -0.803. The molecule has 3 atom stereocenters. The van der Waals surface area contributed by atoms with Crippen LogP contribution in [0.1, 0.15) is 35.6 Å². The van der Waals surface area contributed by atoms with Crippen LogP contribution in [0.15, 0.2) is 78.0 Å². The van der Waals surface area contributed by atoms with Crippen molar-refractivity contribution in [3.63, 3.8) is 0 Å². The number of aromatic nitrogens is 1. The summed E-state index contributed by atoms with van der Waals surface area (Å²) in [6, 6.07) is 22.6. The van der Waals surface area contributed by atoms with Gasteiger partial charge in [0.25, 0.3) is 0 Å². The van der Waals surface area contributed by atoms with Gasteiger partial charge in [0.2, 0.25) is 0 Å². The summed E-state index contributed by atoms with van der Waals surface area (Å²) in [6.07, 6.45) is 1.89. The number of anilines is 1. The second kappa shape index (κ2) is 9.98. The zero-order chi connectivity index (χ0) is 21.6. The molecule has 5 nitrogen and oxygen atoms in total. The minimum absolute atomic E-state index is 0.0530. The Bertz CT molecular complexity index is 1030. The molecule has 0 aliphatic carbocycles. The molecule has 1 aliphatic heterocycles. The topological polar surface area (TPSA) is 74.2 Å². The van der Waals surface area contributed by atoms with Gasteiger partial charge < -0.3 is 15.7 Å². The minimum Gasteiger partial charge on any atom is -0.481 e. The highest BCUT2D eigenvalue weighted by Crippen LogP contribution is 2.38. The lowest BCUT2D eigenvalue weighted by Gasteiger charge is -2.33. The number of rotatable bonds is 8. The summed E-state index contributed by atoms with van der Waals surface area (Å²) in [5, 5.41) is 17.7. The van der Waals surface area contributed by atoms with E-state index in [2.05, 4.69) is 58.9 Å². The largest absolute Gasteiger partial charge is 0.481 e. The summed E-state index contributed by atoms with van der Waals surface area (Å²) in [5.41, 5.74) is 4.35. The maximum Gasteiger partial charge on any atom is 0.307 e. The average molecular weight is 434 g/mol. The van der Waals surface area contributed by atoms with E-state index in [-0.39, 0.29) is 18.4 Å². The molecule has 2 heterocycles. The van der Waals surface area contributed by atoms with E-state index in [4.69, 9.17) is 5.11 Å². The fraction of sp³-hybridized carbons (Fsp3) is 0.280. The third-order valence-corrected chi connectivity index (χ3v) is 6.87. The third-order valence-electron chi connectivity index (χ3n) is 5.58. The molecule has 0 bridgehead atoms. The zero-order valence-electron chi connectivity index (χ0n) is 17.5. The highest BCUT2D eigenvalue weighted by molar-refractivity contribution is 8.00. The van der Waals surface area contributed by atoms with E-state index >= 15 is 0 Å². The molecule has 160 valence electrons. The van der Waals surface area contributed by atoms with Crippen molar-refractivity contribution in [1.29, 1.82) is 0 Å². The standard InChI is InChI=1S/C25H27N3O2S/c1-17(20-10-5-7-18(13-20)14-23(29)30)15-28-24(19-8-3-2-4-9-19)22-16-27-21-11-6-12-26-25(21)31-22/h2-13,17,22,24,27-28H,14-16H2,1H3,(H,29,30)/t17-,22+,24+/m0/s1. The fourth-order valence-electron chi connectivity index (χ4n) is 3.93. The first-order valence-corrected chi connectivity index (χ1v) is 11.4. The lowest BCUT2D eigenvalue weighted by Crippen LogP contribution is -2.38. The van der Waals surface area contributed by atoms with Gasteiger partial charge in [-0.25, -0.2) is 4.98 Å². The third kappa shape index (κ3) is 5.46. The van der Waals surface area contributed by atoms with Crippen molar-refractivity contribution < 1.29 is 9.90 Å². The average Bonchev–Trinajstić information content (AvgIpc) is 2.79. The predicted molar refractivity (Wildman–Crippen MR) is 126 cm³/mol. The molecule has 0 saturated heterocycles. The van der Waals surface area contributed by atoms with Gasteiger partial charge in [-0.05, 0) is 34.7 Å². The van der Waals surface area contributed by atoms with Crippen LogP contribution in [0.5, 0.6) is 0 Å². The van der Waals surface area contributed by atoms with Gasteiger partial charge in [-0.2, -0.15) is 0 Å². The Labute approximate surface area is 187 Å². The number of fused-ring (bicyclic) bond motifs is 1. The van der Waals surface area contributed by atoms with Crippen LogP contribution in [0.4, 0.5) is 5.69 Å². The van der Waals surface area contributed by atoms with Crippen molar-refractivity contribution in [2.45, 2.75) is 35.6 Å². The Morgan fingerprint density at radius 2 is 1.97 bits per heavy atom. The van der Waals surface area contributed by atoms with Gasteiger partial charge in [0.05, 0.1) is 12.1 Å². The van der Waals surface area contributed by atoms with Crippen LogP contribution in [0.25, 0.3) is 0 Å². The van der Waals surface area contributed by atoms with Gasteiger partial charge in [-0.1, -0.05) is 73.3 Å². The first kappa shape index (κ1) is 21.4. The van der Waals surface area contributed by atoms with Crippen LogP contribution >= 0.6 is 11.8 Å². The Morgan fingerprint density at radius 1 is 1.16 bits per heavy atom. The first-order chi connectivity index (χ1) is 15.1. The van der Waals surface area contributed by atoms with Crippen molar-refractivity contribution >= 4 is 23.4 Å². The van der Waals surface area contributed by atoms with Gasteiger partial charge >= 0.3 is 5.97 Å². The normalized spacial score (nSPS) is 17.3. The summed E-state index contributed by atoms with van der Waals surface area (Å²) < 4.78 is 0. The number of nitrogens with zero attached hydrogens (tertiary/aromatic N) is 1. The van der Waals surface area contributed by atoms with E-state index in [1.165, 1.54) is 5.56 Å². The van der Waals surface area contributed by atoms with Gasteiger partial charge in [0.1, 0.15) is 5.03 Å². The second-order valence-electron chi connectivity index (χ2n) is 7.91. The molecule has 6 heteroatoms. The zero-order valence-corrected chi connectivity index (χ0v) is 18.3. The van der Waals surface area contributed by atoms with E-state index in [0.717, 1.165) is 34.9 Å². The maximum absolute atomic E-state index is 11.1. The summed E-state index contributed by atoms with van der Waals surface area (Å²) in [4.78, 5) is 15.6. The summed E-state index contributed by atoms with van der Waals surface area (Å²) in [7, 11) is 0. The maximum atomic E-state index is 11.1. The quantitative estimate of drug-likeness (QED) is 0.477. The van der Waals surface area contributed by atoms with Crippen LogP contribution in [0, 0.1) is 0 Å². The van der Waals surface area contributed by atoms with E-state index in [1.807, 2.05) is 48.3 Å². The van der Waals surface area contributed by atoms with Crippen LogP contribution in [-0.4, -0.2) is 34.4 Å². The van der Waals surface area contributed by atoms with Crippen molar-refractivity contribution in [2.75, 3.05) is 18.4 Å². The van der Waals surface area contributed by atoms with Crippen LogP contribution < -0.4 is 10.6 Å². The smallest absolute Gasteiger partial charge is 0.307 e.